The first kappa shape index (κ1) is 23.6. The average molecular weight is 475 g/mol. The smallest absolute Gasteiger partial charge is 0.211 e. The fourth-order valence-electron chi connectivity index (χ4n) is 5.24. The second-order valence-corrected chi connectivity index (χ2v) is 9.47. The zero-order chi connectivity index (χ0) is 24.9. The number of para-hydroxylation sites is 1. The summed E-state index contributed by atoms with van der Waals surface area (Å²) in [5.41, 5.74) is 11.1. The molecule has 3 aromatic carbocycles. The highest BCUT2D eigenvalue weighted by Gasteiger charge is 2.29. The lowest BCUT2D eigenvalue weighted by atomic mass is 9.90. The van der Waals surface area contributed by atoms with E-state index in [2.05, 4.69) is 41.3 Å². The summed E-state index contributed by atoms with van der Waals surface area (Å²) in [4.78, 5) is 16.0. The standard InChI is InChI=1S/C31H30N4O/c32-21-27-28(22-34-18-16-24(17-19-34)20-23-10-4-1-5-11-23)35(26-14-8-3-9-15-26)30(29(27)33)31(36)25-12-6-2-7-13-25/h1-15,24H,16-20,22,33H2. The number of benzene rings is 3. The van der Waals surface area contributed by atoms with E-state index in [0.717, 1.165) is 43.7 Å². The van der Waals surface area contributed by atoms with Gasteiger partial charge in [-0.25, -0.2) is 0 Å². The number of nitrogens with zero attached hydrogens (tertiary/aromatic N) is 3. The fourth-order valence-corrected chi connectivity index (χ4v) is 5.24. The van der Waals surface area contributed by atoms with E-state index in [4.69, 9.17) is 5.73 Å². The Kier molecular flexibility index (Phi) is 6.97. The predicted molar refractivity (Wildman–Crippen MR) is 143 cm³/mol. The first-order valence-electron chi connectivity index (χ1n) is 12.5. The molecule has 2 N–H and O–H groups in total. The molecule has 36 heavy (non-hydrogen) atoms. The molecular weight excluding hydrogens is 444 g/mol. The van der Waals surface area contributed by atoms with Crippen LogP contribution in [0.3, 0.4) is 0 Å². The lowest BCUT2D eigenvalue weighted by molar-refractivity contribution is 0.103. The number of nitriles is 1. The van der Waals surface area contributed by atoms with Crippen molar-refractivity contribution in [2.45, 2.75) is 25.8 Å². The van der Waals surface area contributed by atoms with Crippen molar-refractivity contribution in [1.29, 1.82) is 5.26 Å². The Bertz CT molecular complexity index is 1360. The maximum atomic E-state index is 13.6. The Balaban J connectivity index is 1.45. The summed E-state index contributed by atoms with van der Waals surface area (Å²) < 4.78 is 1.90. The van der Waals surface area contributed by atoms with E-state index in [0.29, 0.717) is 29.3 Å². The molecule has 0 saturated carbocycles. The molecule has 0 atom stereocenters. The highest BCUT2D eigenvalue weighted by molar-refractivity contribution is 6.12. The Morgan fingerprint density at radius 3 is 2.08 bits per heavy atom. The maximum absolute atomic E-state index is 13.6. The van der Waals surface area contributed by atoms with Gasteiger partial charge in [-0.05, 0) is 56.0 Å². The Labute approximate surface area is 212 Å². The molecular formula is C31H30N4O. The highest BCUT2D eigenvalue weighted by Crippen LogP contribution is 2.33. The largest absolute Gasteiger partial charge is 0.396 e. The number of hydrogen-bond donors (Lipinski definition) is 1. The Morgan fingerprint density at radius 2 is 1.47 bits per heavy atom. The number of anilines is 1. The third kappa shape index (κ3) is 4.82. The summed E-state index contributed by atoms with van der Waals surface area (Å²) >= 11 is 0. The number of rotatable bonds is 7. The molecule has 1 aliphatic heterocycles. The topological polar surface area (TPSA) is 75.0 Å². The summed E-state index contributed by atoms with van der Waals surface area (Å²) in [7, 11) is 0. The molecule has 0 aliphatic carbocycles. The summed E-state index contributed by atoms with van der Waals surface area (Å²) in [6, 6.07) is 31.8. The summed E-state index contributed by atoms with van der Waals surface area (Å²) in [5.74, 6) is 0.474. The van der Waals surface area contributed by atoms with Crippen LogP contribution in [-0.2, 0) is 13.0 Å². The lowest BCUT2D eigenvalue weighted by Crippen LogP contribution is -2.34. The highest BCUT2D eigenvalue weighted by atomic mass is 16.1. The first-order valence-corrected chi connectivity index (χ1v) is 12.5. The third-order valence-electron chi connectivity index (χ3n) is 7.13. The van der Waals surface area contributed by atoms with Crippen LogP contribution in [0.25, 0.3) is 5.69 Å². The predicted octanol–water partition coefficient (Wildman–Crippen LogP) is 5.62. The van der Waals surface area contributed by atoms with E-state index in [9.17, 15) is 10.1 Å². The molecule has 0 bridgehead atoms. The molecule has 180 valence electrons. The van der Waals surface area contributed by atoms with E-state index in [1.807, 2.05) is 53.1 Å². The number of carbonyl (C=O) groups is 1. The van der Waals surface area contributed by atoms with E-state index < -0.39 is 0 Å². The van der Waals surface area contributed by atoms with Gasteiger partial charge in [0.2, 0.25) is 5.78 Å². The number of piperidine rings is 1. The quantitative estimate of drug-likeness (QED) is 0.353. The van der Waals surface area contributed by atoms with Crippen LogP contribution in [0.4, 0.5) is 5.69 Å². The molecule has 1 saturated heterocycles. The van der Waals surface area contributed by atoms with E-state index in [-0.39, 0.29) is 11.5 Å². The van der Waals surface area contributed by atoms with Gasteiger partial charge in [0.1, 0.15) is 11.8 Å². The summed E-state index contributed by atoms with van der Waals surface area (Å²) in [5, 5.41) is 10.1. The van der Waals surface area contributed by atoms with Crippen LogP contribution in [0, 0.1) is 17.2 Å². The molecule has 1 fully saturated rings. The minimum Gasteiger partial charge on any atom is -0.396 e. The van der Waals surface area contributed by atoms with Crippen molar-refractivity contribution in [3.05, 3.63) is 119 Å². The Hall–Kier alpha value is -4.14. The number of nitrogen functional groups attached to an aromatic ring is 1. The van der Waals surface area contributed by atoms with Gasteiger partial charge in [-0.1, -0.05) is 78.9 Å². The van der Waals surface area contributed by atoms with E-state index in [1.165, 1.54) is 5.56 Å². The molecule has 2 heterocycles. The summed E-state index contributed by atoms with van der Waals surface area (Å²) in [6.45, 7) is 2.47. The van der Waals surface area contributed by atoms with Crippen molar-refractivity contribution in [1.82, 2.24) is 9.47 Å². The molecule has 0 unspecified atom stereocenters. The molecule has 0 radical (unpaired) electrons. The SMILES string of the molecule is N#Cc1c(N)c(C(=O)c2ccccc2)n(-c2ccccc2)c1CN1CCC(Cc2ccccc2)CC1. The van der Waals surface area contributed by atoms with Gasteiger partial charge in [0.15, 0.2) is 0 Å². The molecule has 5 rings (SSSR count). The van der Waals surface area contributed by atoms with Crippen molar-refractivity contribution in [3.8, 4) is 11.8 Å². The number of likely N-dealkylation sites (tertiary alicyclic amines) is 1. The van der Waals surface area contributed by atoms with Crippen molar-refractivity contribution >= 4 is 11.5 Å². The van der Waals surface area contributed by atoms with Gasteiger partial charge in [-0.3, -0.25) is 9.69 Å². The van der Waals surface area contributed by atoms with E-state index >= 15 is 0 Å². The van der Waals surface area contributed by atoms with Gasteiger partial charge in [-0.15, -0.1) is 0 Å². The van der Waals surface area contributed by atoms with Gasteiger partial charge in [0, 0.05) is 17.8 Å². The first-order chi connectivity index (χ1) is 17.7. The van der Waals surface area contributed by atoms with Gasteiger partial charge < -0.3 is 10.3 Å². The van der Waals surface area contributed by atoms with Crippen molar-refractivity contribution < 1.29 is 4.79 Å². The third-order valence-corrected chi connectivity index (χ3v) is 7.13. The number of nitrogens with two attached hydrogens (primary N) is 1. The van der Waals surface area contributed by atoms with Crippen molar-refractivity contribution in [3.63, 3.8) is 0 Å². The van der Waals surface area contributed by atoms with Crippen LogP contribution in [0.1, 0.15) is 45.7 Å². The van der Waals surface area contributed by atoms with Crippen LogP contribution in [0.5, 0.6) is 0 Å². The zero-order valence-electron chi connectivity index (χ0n) is 20.3. The normalized spacial score (nSPS) is 14.4. The number of carbonyl (C=O) groups excluding carboxylic acids is 1. The lowest BCUT2D eigenvalue weighted by Gasteiger charge is -2.32. The number of ketones is 1. The van der Waals surface area contributed by atoms with E-state index in [1.54, 1.807) is 12.1 Å². The molecule has 1 aliphatic rings. The molecule has 0 amide bonds. The van der Waals surface area contributed by atoms with Crippen LogP contribution in [-0.4, -0.2) is 28.3 Å². The zero-order valence-corrected chi connectivity index (χ0v) is 20.3. The van der Waals surface area contributed by atoms with Gasteiger partial charge in [-0.2, -0.15) is 5.26 Å². The second-order valence-electron chi connectivity index (χ2n) is 9.47. The molecule has 0 spiro atoms. The maximum Gasteiger partial charge on any atom is 0.211 e. The van der Waals surface area contributed by atoms with Gasteiger partial charge >= 0.3 is 0 Å². The second kappa shape index (κ2) is 10.6. The number of aromatic nitrogens is 1. The number of hydrogen-bond acceptors (Lipinski definition) is 4. The minimum absolute atomic E-state index is 0.179. The minimum atomic E-state index is -0.179. The van der Waals surface area contributed by atoms with Crippen LogP contribution < -0.4 is 5.73 Å². The monoisotopic (exact) mass is 474 g/mol. The average Bonchev–Trinajstić information content (AvgIpc) is 3.21. The molecule has 1 aromatic heterocycles. The Morgan fingerprint density at radius 1 is 0.889 bits per heavy atom. The van der Waals surface area contributed by atoms with Crippen LogP contribution in [0.2, 0.25) is 0 Å². The van der Waals surface area contributed by atoms with Crippen molar-refractivity contribution in [2.24, 2.45) is 5.92 Å². The fraction of sp³-hybridized carbons (Fsp3) is 0.226. The molecule has 4 aromatic rings. The molecule has 5 heteroatoms. The van der Waals surface area contributed by atoms with Crippen molar-refractivity contribution in [2.75, 3.05) is 18.8 Å². The van der Waals surface area contributed by atoms with Crippen LogP contribution in [0.15, 0.2) is 91.0 Å². The van der Waals surface area contributed by atoms with Gasteiger partial charge in [0.25, 0.3) is 0 Å². The van der Waals surface area contributed by atoms with Crippen LogP contribution >= 0.6 is 0 Å². The molecule has 5 nitrogen and oxygen atoms in total. The summed E-state index contributed by atoms with van der Waals surface area (Å²) in [6.07, 6.45) is 3.31. The van der Waals surface area contributed by atoms with Gasteiger partial charge in [0.05, 0.1) is 16.9 Å².